The first-order chi connectivity index (χ1) is 40.6. The molecule has 3 heterocycles. The fourth-order valence-corrected chi connectivity index (χ4v) is 12.3. The van der Waals surface area contributed by atoms with E-state index in [0.29, 0.717) is 23.3 Å². The zero-order valence-corrected chi connectivity index (χ0v) is 44.5. The molecular weight excluding hydrogens is 1000 g/mol. The summed E-state index contributed by atoms with van der Waals surface area (Å²) in [5.74, 6) is 2.72. The SMILES string of the molecule is CN=C(NC(=N)c1c2ccccc2c(-c2cc(-c3ccc4c(ccc5cc(-c6nc(-c7ccccc7)nc(-c7c8ccccc8c(-c8ccncc8)c8ccccc78)n6)c6ccccc6c54)c3)ccn2)c2ccccc12)c1ccccc1. The molecule has 0 saturated carbocycles. The molecule has 0 spiro atoms. The summed E-state index contributed by atoms with van der Waals surface area (Å²) in [6.45, 7) is 0. The van der Waals surface area contributed by atoms with Crippen molar-refractivity contribution in [2.24, 2.45) is 4.99 Å². The molecule has 0 atom stereocenters. The minimum absolute atomic E-state index is 0.275. The van der Waals surface area contributed by atoms with Crippen molar-refractivity contribution in [3.8, 4) is 67.7 Å². The van der Waals surface area contributed by atoms with Gasteiger partial charge in [-0.15, -0.1) is 0 Å². The van der Waals surface area contributed by atoms with Crippen LogP contribution in [0.5, 0.6) is 0 Å². The molecule has 384 valence electrons. The number of amidine groups is 2. The van der Waals surface area contributed by atoms with Gasteiger partial charge in [0, 0.05) is 59.0 Å². The van der Waals surface area contributed by atoms with Crippen LogP contribution in [0.15, 0.2) is 266 Å². The number of aliphatic imine (C=N–C) groups is 1. The molecule has 0 unspecified atom stereocenters. The number of aromatic nitrogens is 5. The van der Waals surface area contributed by atoms with Crippen molar-refractivity contribution >= 4 is 87.1 Å². The van der Waals surface area contributed by atoms with Crippen LogP contribution in [0.2, 0.25) is 0 Å². The molecule has 15 aromatic rings. The number of rotatable bonds is 8. The summed E-state index contributed by atoms with van der Waals surface area (Å²) in [4.78, 5) is 30.1. The Morgan fingerprint density at radius 1 is 0.378 bits per heavy atom. The van der Waals surface area contributed by atoms with Gasteiger partial charge in [0.2, 0.25) is 0 Å². The third kappa shape index (κ3) is 8.11. The van der Waals surface area contributed by atoms with Gasteiger partial charge in [-0.1, -0.05) is 206 Å². The topological polar surface area (TPSA) is 113 Å². The van der Waals surface area contributed by atoms with Gasteiger partial charge in [-0.25, -0.2) is 15.0 Å². The van der Waals surface area contributed by atoms with Crippen LogP contribution in [0.4, 0.5) is 0 Å². The van der Waals surface area contributed by atoms with Crippen molar-refractivity contribution in [2.75, 3.05) is 7.05 Å². The highest BCUT2D eigenvalue weighted by Gasteiger charge is 2.24. The standard InChI is InChI=1S/C74H48N8/c1-76-71(46-18-4-2-5-19-46)79-70(75)68-59-28-14-12-26-57(59)67(58-27-13-15-29-60(58)68)64-44-49(38-41-78-64)48-34-35-52-50(42-48)32-33-51-43-63(53-22-8-9-23-54(53)66(51)52)73-80-72(47-20-6-3-7-21-47)81-74(82-73)69-61-30-16-10-24-55(61)65(45-36-39-77-40-37-45)56-25-11-17-31-62(56)69/h2-44H,1H3,(H2,75,76,79). The number of nitrogens with one attached hydrogen (secondary N) is 2. The lowest BCUT2D eigenvalue weighted by Gasteiger charge is -2.19. The van der Waals surface area contributed by atoms with Gasteiger partial charge in [0.1, 0.15) is 11.7 Å². The summed E-state index contributed by atoms with van der Waals surface area (Å²) in [5.41, 5.74) is 10.8. The average Bonchev–Trinajstić information content (AvgIpc) is 2.95. The molecule has 0 aliphatic rings. The normalized spacial score (nSPS) is 11.8. The predicted octanol–water partition coefficient (Wildman–Crippen LogP) is 17.7. The molecule has 3 aromatic heterocycles. The van der Waals surface area contributed by atoms with E-state index >= 15 is 0 Å². The van der Waals surface area contributed by atoms with E-state index < -0.39 is 0 Å². The molecule has 12 aromatic carbocycles. The Morgan fingerprint density at radius 3 is 1.54 bits per heavy atom. The van der Waals surface area contributed by atoms with Gasteiger partial charge in [-0.2, -0.15) is 0 Å². The fourth-order valence-electron chi connectivity index (χ4n) is 12.3. The highest BCUT2D eigenvalue weighted by atomic mass is 15.0. The zero-order valence-electron chi connectivity index (χ0n) is 44.5. The Kier molecular flexibility index (Phi) is 11.7. The molecule has 0 saturated heterocycles. The van der Waals surface area contributed by atoms with Crippen LogP contribution in [-0.2, 0) is 0 Å². The predicted molar refractivity (Wildman–Crippen MR) is 339 cm³/mol. The molecule has 0 bridgehead atoms. The van der Waals surface area contributed by atoms with E-state index in [2.05, 4.69) is 197 Å². The lowest BCUT2D eigenvalue weighted by atomic mass is 9.88. The first-order valence-electron chi connectivity index (χ1n) is 27.4. The van der Waals surface area contributed by atoms with Crippen LogP contribution >= 0.6 is 0 Å². The number of nitrogens with zero attached hydrogens (tertiary/aromatic N) is 6. The Balaban J connectivity index is 0.856. The monoisotopic (exact) mass is 1050 g/mol. The molecule has 0 aliphatic carbocycles. The average molecular weight is 1050 g/mol. The molecule has 0 amide bonds. The van der Waals surface area contributed by atoms with Crippen molar-refractivity contribution in [3.05, 3.63) is 272 Å². The number of hydrogen-bond acceptors (Lipinski definition) is 7. The van der Waals surface area contributed by atoms with Crippen LogP contribution in [-0.4, -0.2) is 43.6 Å². The Morgan fingerprint density at radius 2 is 0.890 bits per heavy atom. The van der Waals surface area contributed by atoms with Gasteiger partial charge in [0.05, 0.1) is 5.69 Å². The molecule has 0 fully saturated rings. The van der Waals surface area contributed by atoms with E-state index in [1.165, 1.54) is 5.39 Å². The second-order valence-electron chi connectivity index (χ2n) is 20.5. The zero-order chi connectivity index (χ0) is 54.7. The highest BCUT2D eigenvalue weighted by molar-refractivity contribution is 6.28. The lowest BCUT2D eigenvalue weighted by molar-refractivity contribution is 1.08. The first kappa shape index (κ1) is 48.1. The third-order valence-electron chi connectivity index (χ3n) is 15.9. The largest absolute Gasteiger partial charge is 0.325 e. The molecule has 2 N–H and O–H groups in total. The third-order valence-corrected chi connectivity index (χ3v) is 15.9. The van der Waals surface area contributed by atoms with Crippen molar-refractivity contribution < 1.29 is 0 Å². The van der Waals surface area contributed by atoms with Gasteiger partial charge in [0.25, 0.3) is 0 Å². The first-order valence-corrected chi connectivity index (χ1v) is 27.4. The molecular formula is C74H48N8. The van der Waals surface area contributed by atoms with Crippen LogP contribution in [0.25, 0.3) is 143 Å². The van der Waals surface area contributed by atoms with Crippen molar-refractivity contribution in [3.63, 3.8) is 0 Å². The van der Waals surface area contributed by atoms with Gasteiger partial charge in [0.15, 0.2) is 17.5 Å². The number of benzene rings is 12. The number of hydrogen-bond donors (Lipinski definition) is 2. The van der Waals surface area contributed by atoms with Gasteiger partial charge >= 0.3 is 0 Å². The van der Waals surface area contributed by atoms with E-state index in [9.17, 15) is 5.41 Å². The van der Waals surface area contributed by atoms with E-state index in [-0.39, 0.29) is 5.84 Å². The van der Waals surface area contributed by atoms with Gasteiger partial charge in [-0.05, 0) is 134 Å². The molecule has 15 rings (SSSR count). The maximum atomic E-state index is 9.54. The van der Waals surface area contributed by atoms with Crippen molar-refractivity contribution in [1.82, 2.24) is 30.2 Å². The Hall–Kier alpha value is -11.1. The second-order valence-corrected chi connectivity index (χ2v) is 20.5. The summed E-state index contributed by atoms with van der Waals surface area (Å²) >= 11 is 0. The van der Waals surface area contributed by atoms with E-state index in [0.717, 1.165) is 131 Å². The van der Waals surface area contributed by atoms with E-state index in [4.69, 9.17) is 19.9 Å². The van der Waals surface area contributed by atoms with Crippen LogP contribution in [0.3, 0.4) is 0 Å². The summed E-state index contributed by atoms with van der Waals surface area (Å²) < 4.78 is 0. The highest BCUT2D eigenvalue weighted by Crippen LogP contribution is 2.45. The maximum absolute atomic E-state index is 9.54. The Labute approximate surface area is 472 Å². The van der Waals surface area contributed by atoms with E-state index in [1.807, 2.05) is 79.3 Å². The minimum Gasteiger partial charge on any atom is -0.325 e. The summed E-state index contributed by atoms with van der Waals surface area (Å²) in [7, 11) is 1.75. The van der Waals surface area contributed by atoms with Crippen LogP contribution < -0.4 is 5.32 Å². The van der Waals surface area contributed by atoms with Gasteiger partial charge in [-0.3, -0.25) is 20.4 Å². The second kappa shape index (κ2) is 20.0. The molecule has 8 nitrogen and oxygen atoms in total. The van der Waals surface area contributed by atoms with Crippen molar-refractivity contribution in [2.45, 2.75) is 0 Å². The number of fused-ring (bicyclic) bond motifs is 9. The number of pyridine rings is 2. The smallest absolute Gasteiger partial charge is 0.165 e. The van der Waals surface area contributed by atoms with Crippen molar-refractivity contribution in [1.29, 1.82) is 5.41 Å². The van der Waals surface area contributed by atoms with E-state index in [1.54, 1.807) is 7.05 Å². The Bertz CT molecular complexity index is 4980. The quantitative estimate of drug-likeness (QED) is 0.0678. The summed E-state index contributed by atoms with van der Waals surface area (Å²) in [6, 6.07) is 84.6. The van der Waals surface area contributed by atoms with Crippen LogP contribution in [0, 0.1) is 5.41 Å². The molecule has 8 heteroatoms. The summed E-state index contributed by atoms with van der Waals surface area (Å²) in [6.07, 6.45) is 5.62. The molecule has 82 heavy (non-hydrogen) atoms. The lowest BCUT2D eigenvalue weighted by Crippen LogP contribution is -2.31. The van der Waals surface area contributed by atoms with Gasteiger partial charge < -0.3 is 5.32 Å². The maximum Gasteiger partial charge on any atom is 0.165 e. The summed E-state index contributed by atoms with van der Waals surface area (Å²) in [5, 5.41) is 27.9. The molecule has 0 radical (unpaired) electrons. The fraction of sp³-hybridized carbons (Fsp3) is 0.0135. The molecule has 0 aliphatic heterocycles. The minimum atomic E-state index is 0.275. The van der Waals surface area contributed by atoms with Crippen LogP contribution in [0.1, 0.15) is 11.1 Å².